The summed E-state index contributed by atoms with van der Waals surface area (Å²) in [5, 5.41) is 7.55. The third-order valence-corrected chi connectivity index (χ3v) is 5.39. The molecule has 1 aliphatic heterocycles. The summed E-state index contributed by atoms with van der Waals surface area (Å²) in [4.78, 5) is 22.0. The fourth-order valence-electron chi connectivity index (χ4n) is 3.69. The van der Waals surface area contributed by atoms with Crippen LogP contribution in [-0.2, 0) is 12.6 Å². The molecule has 0 N–H and O–H groups in total. The van der Waals surface area contributed by atoms with Gasteiger partial charge in [0, 0.05) is 37.8 Å². The van der Waals surface area contributed by atoms with Gasteiger partial charge in [-0.3, -0.25) is 4.79 Å². The zero-order valence-corrected chi connectivity index (χ0v) is 17.1. The number of carbonyl (C=O) groups excluding carboxylic acids is 1. The van der Waals surface area contributed by atoms with E-state index in [-0.39, 0.29) is 30.9 Å². The smallest absolute Gasteiger partial charge is 0.329 e. The van der Waals surface area contributed by atoms with E-state index in [1.165, 1.54) is 12.4 Å². The summed E-state index contributed by atoms with van der Waals surface area (Å²) in [7, 11) is 0. The first-order chi connectivity index (χ1) is 16.0. The minimum absolute atomic E-state index is 0.114. The van der Waals surface area contributed by atoms with E-state index in [9.17, 15) is 35.5 Å². The number of likely N-dealkylation sites (tertiary alicyclic amines) is 1. The molecule has 0 bridgehead atoms. The minimum Gasteiger partial charge on any atom is -0.329 e. The Labute approximate surface area is 187 Å². The van der Waals surface area contributed by atoms with Crippen LogP contribution in [0.5, 0.6) is 0 Å². The quantitative estimate of drug-likeness (QED) is 0.511. The molecule has 1 saturated heterocycles. The van der Waals surface area contributed by atoms with Crippen LogP contribution in [0, 0.1) is 11.6 Å². The summed E-state index contributed by atoms with van der Waals surface area (Å²) in [5.74, 6) is -7.09. The topological polar surface area (TPSA) is 76.8 Å². The number of halogens is 7. The number of hydrogen-bond donors (Lipinski definition) is 0. The highest BCUT2D eigenvalue weighted by Crippen LogP contribution is 2.38. The van der Waals surface area contributed by atoms with E-state index < -0.39 is 53.2 Å². The number of alkyl halides is 5. The SMILES string of the molecule is O=C(c1cc(F)c(F)cc1-n1nccn1)N1CCC(F)(F)[C@H]1CCc1ncc(C(F)(F)F)cn1. The summed E-state index contributed by atoms with van der Waals surface area (Å²) < 4.78 is 95.0. The van der Waals surface area contributed by atoms with Gasteiger partial charge in [-0.1, -0.05) is 0 Å². The molecule has 2 aromatic heterocycles. The van der Waals surface area contributed by atoms with Crippen LogP contribution in [0.2, 0.25) is 0 Å². The molecule has 3 heterocycles. The number of rotatable bonds is 5. The summed E-state index contributed by atoms with van der Waals surface area (Å²) in [6, 6.07) is -0.401. The molecule has 0 radical (unpaired) electrons. The second-order valence-corrected chi connectivity index (χ2v) is 7.55. The first-order valence-corrected chi connectivity index (χ1v) is 9.90. The van der Waals surface area contributed by atoms with Crippen LogP contribution in [-0.4, -0.2) is 54.3 Å². The lowest BCUT2D eigenvalue weighted by Gasteiger charge is -2.28. The van der Waals surface area contributed by atoms with Gasteiger partial charge in [0.25, 0.3) is 11.8 Å². The van der Waals surface area contributed by atoms with Gasteiger partial charge in [0.2, 0.25) is 0 Å². The number of benzene rings is 1. The summed E-state index contributed by atoms with van der Waals surface area (Å²) in [6.07, 6.45) is -2.40. The van der Waals surface area contributed by atoms with E-state index in [4.69, 9.17) is 0 Å². The molecule has 1 atom stereocenters. The molecule has 1 fully saturated rings. The fourth-order valence-corrected chi connectivity index (χ4v) is 3.69. The molecule has 34 heavy (non-hydrogen) atoms. The van der Waals surface area contributed by atoms with Crippen LogP contribution in [0.3, 0.4) is 0 Å². The van der Waals surface area contributed by atoms with Gasteiger partial charge in [-0.25, -0.2) is 27.5 Å². The average Bonchev–Trinajstić information content (AvgIpc) is 3.41. The van der Waals surface area contributed by atoms with Crippen LogP contribution in [0.25, 0.3) is 5.69 Å². The van der Waals surface area contributed by atoms with Crippen molar-refractivity contribution >= 4 is 5.91 Å². The lowest BCUT2D eigenvalue weighted by Crippen LogP contribution is -2.43. The van der Waals surface area contributed by atoms with Crippen molar-refractivity contribution in [2.75, 3.05) is 6.54 Å². The maximum absolute atomic E-state index is 14.6. The highest BCUT2D eigenvalue weighted by Gasteiger charge is 2.50. The number of aryl methyl sites for hydroxylation is 1. The van der Waals surface area contributed by atoms with Crippen LogP contribution in [0.15, 0.2) is 36.9 Å². The van der Waals surface area contributed by atoms with Gasteiger partial charge in [0.1, 0.15) is 11.5 Å². The van der Waals surface area contributed by atoms with Crippen molar-refractivity contribution in [1.29, 1.82) is 0 Å². The van der Waals surface area contributed by atoms with Crippen molar-refractivity contribution in [2.45, 2.75) is 37.4 Å². The number of hydrogen-bond acceptors (Lipinski definition) is 5. The molecule has 0 saturated carbocycles. The van der Waals surface area contributed by atoms with E-state index in [1.807, 2.05) is 0 Å². The number of nitrogens with zero attached hydrogens (tertiary/aromatic N) is 6. The molecular weight excluding hydrogens is 473 g/mol. The Morgan fingerprint density at radius 3 is 2.29 bits per heavy atom. The van der Waals surface area contributed by atoms with Crippen molar-refractivity contribution in [3.8, 4) is 5.69 Å². The maximum Gasteiger partial charge on any atom is 0.419 e. The second-order valence-electron chi connectivity index (χ2n) is 7.55. The van der Waals surface area contributed by atoms with Crippen LogP contribution in [0.4, 0.5) is 30.7 Å². The molecule has 14 heteroatoms. The average molecular weight is 488 g/mol. The van der Waals surface area contributed by atoms with Crippen molar-refractivity contribution in [3.63, 3.8) is 0 Å². The first kappa shape index (κ1) is 23.6. The highest BCUT2D eigenvalue weighted by molar-refractivity contribution is 5.98. The molecule has 7 nitrogen and oxygen atoms in total. The molecule has 0 spiro atoms. The van der Waals surface area contributed by atoms with E-state index in [1.54, 1.807) is 0 Å². The lowest BCUT2D eigenvalue weighted by atomic mass is 10.0. The molecule has 0 unspecified atom stereocenters. The Morgan fingerprint density at radius 2 is 1.68 bits per heavy atom. The van der Waals surface area contributed by atoms with Gasteiger partial charge in [0.05, 0.1) is 29.6 Å². The molecule has 1 aromatic carbocycles. The summed E-state index contributed by atoms with van der Waals surface area (Å²) in [6.45, 7) is -0.380. The van der Waals surface area contributed by atoms with Gasteiger partial charge in [-0.2, -0.15) is 28.2 Å². The Balaban J connectivity index is 1.59. The van der Waals surface area contributed by atoms with Gasteiger partial charge >= 0.3 is 6.18 Å². The monoisotopic (exact) mass is 488 g/mol. The van der Waals surface area contributed by atoms with Gasteiger partial charge < -0.3 is 4.90 Å². The third-order valence-electron chi connectivity index (χ3n) is 5.39. The standard InChI is InChI=1S/C20H15F7N6O/c21-13-7-12(15(8-14(13)22)33-30-4-5-31-33)18(34)32-6-3-19(23,24)16(32)1-2-17-28-9-11(10-29-17)20(25,26)27/h4-5,7-10,16H,1-3,6H2/t16-/m1/s1. The van der Waals surface area contributed by atoms with Crippen molar-refractivity contribution in [2.24, 2.45) is 0 Å². The lowest BCUT2D eigenvalue weighted by molar-refractivity contribution is -0.138. The van der Waals surface area contributed by atoms with Crippen LogP contribution in [0.1, 0.15) is 34.6 Å². The second kappa shape index (κ2) is 8.65. The number of aromatic nitrogens is 5. The Bertz CT molecular complexity index is 1180. The third kappa shape index (κ3) is 4.56. The Morgan fingerprint density at radius 1 is 1.06 bits per heavy atom. The zero-order valence-electron chi connectivity index (χ0n) is 17.1. The van der Waals surface area contributed by atoms with Crippen molar-refractivity contribution in [3.05, 3.63) is 65.5 Å². The normalized spacial score (nSPS) is 17.9. The van der Waals surface area contributed by atoms with E-state index in [0.29, 0.717) is 24.5 Å². The number of amides is 1. The molecular formula is C20H15F7N6O. The van der Waals surface area contributed by atoms with E-state index >= 15 is 0 Å². The van der Waals surface area contributed by atoms with Gasteiger partial charge in [0.15, 0.2) is 11.6 Å². The summed E-state index contributed by atoms with van der Waals surface area (Å²) >= 11 is 0. The van der Waals surface area contributed by atoms with Gasteiger partial charge in [-0.05, 0) is 12.5 Å². The highest BCUT2D eigenvalue weighted by atomic mass is 19.4. The predicted octanol–water partition coefficient (Wildman–Crippen LogP) is 3.84. The molecule has 0 aliphatic carbocycles. The fraction of sp³-hybridized carbons (Fsp3) is 0.350. The maximum atomic E-state index is 14.6. The zero-order chi connectivity index (χ0) is 24.7. The van der Waals surface area contributed by atoms with Gasteiger partial charge in [-0.15, -0.1) is 0 Å². The first-order valence-electron chi connectivity index (χ1n) is 9.90. The predicted molar refractivity (Wildman–Crippen MR) is 101 cm³/mol. The van der Waals surface area contributed by atoms with E-state index in [2.05, 4.69) is 20.2 Å². The molecule has 1 amide bonds. The minimum atomic E-state index is -4.65. The van der Waals surface area contributed by atoms with Crippen molar-refractivity contribution in [1.82, 2.24) is 29.9 Å². The van der Waals surface area contributed by atoms with Crippen LogP contribution >= 0.6 is 0 Å². The Kier molecular flexibility index (Phi) is 6.00. The molecule has 1 aliphatic rings. The molecule has 3 aromatic rings. The van der Waals surface area contributed by atoms with Crippen LogP contribution < -0.4 is 0 Å². The molecule has 180 valence electrons. The largest absolute Gasteiger partial charge is 0.419 e. The Hall–Kier alpha value is -3.58. The summed E-state index contributed by atoms with van der Waals surface area (Å²) in [5.41, 5.74) is -1.75. The molecule has 4 rings (SSSR count). The number of carbonyl (C=O) groups is 1. The van der Waals surface area contributed by atoms with E-state index in [0.717, 1.165) is 9.70 Å². The van der Waals surface area contributed by atoms with Crippen molar-refractivity contribution < 1.29 is 35.5 Å².